The Hall–Kier alpha value is -5.92. The van der Waals surface area contributed by atoms with Crippen molar-refractivity contribution in [1.82, 2.24) is 25.4 Å². The van der Waals surface area contributed by atoms with Crippen LogP contribution in [-0.4, -0.2) is 74.9 Å². The number of imide groups is 2. The molecule has 0 bridgehead atoms. The third kappa shape index (κ3) is 6.40. The number of H-pyrrole nitrogens is 1. The molecule has 3 N–H and O–H groups in total. The molecule has 4 aromatic rings. The summed E-state index contributed by atoms with van der Waals surface area (Å²) in [4.78, 5) is 70.7. The molecule has 3 atom stereocenters. The summed E-state index contributed by atoms with van der Waals surface area (Å²) >= 11 is 0. The fraction of sp³-hybridized carbons (Fsp3) is 0.342. The number of pyridine rings is 1. The second-order valence-electron chi connectivity index (χ2n) is 13.8. The summed E-state index contributed by atoms with van der Waals surface area (Å²) in [7, 11) is 0. The third-order valence-electron chi connectivity index (χ3n) is 10.6. The van der Waals surface area contributed by atoms with Crippen molar-refractivity contribution in [3.8, 4) is 5.88 Å². The predicted octanol–water partition coefficient (Wildman–Crippen LogP) is 4.70. The van der Waals surface area contributed by atoms with Gasteiger partial charge in [-0.1, -0.05) is 12.1 Å². The zero-order valence-corrected chi connectivity index (χ0v) is 28.1. The molecule has 1 aliphatic carbocycles. The first-order valence-corrected chi connectivity index (χ1v) is 17.6. The van der Waals surface area contributed by atoms with E-state index in [9.17, 15) is 24.0 Å². The van der Waals surface area contributed by atoms with Crippen molar-refractivity contribution in [3.63, 3.8) is 0 Å². The van der Waals surface area contributed by atoms with Gasteiger partial charge in [0.2, 0.25) is 17.7 Å². The first kappa shape index (κ1) is 33.2. The Morgan fingerprint density at radius 1 is 0.885 bits per heavy atom. The minimum absolute atomic E-state index is 0.0477. The lowest BCUT2D eigenvalue weighted by Crippen LogP contribution is -2.54. The Morgan fingerprint density at radius 2 is 1.71 bits per heavy atom. The standard InChI is InChI=1S/C38H36FN7O6/c39-29-18-23(35(48)41-32-20-30(43-44-32)22-4-7-25(17-22)52-34-3-1-2-14-40-34)5-8-26(29)21-12-15-45(16-13-21)24-6-9-27-28(19-24)38(51)46(37(27)50)31-10-11-33(47)42-36(31)49/h1-3,5-6,8-9,14,18-22,25,31H,4,7,10-13,15-17H2,(H,42,47,49)(H2,41,43,44,48)/t22-,25+,31?/m0/s1. The summed E-state index contributed by atoms with van der Waals surface area (Å²) in [5, 5.41) is 12.3. The van der Waals surface area contributed by atoms with Crippen LogP contribution in [0, 0.1) is 5.82 Å². The highest BCUT2D eigenvalue weighted by atomic mass is 19.1. The van der Waals surface area contributed by atoms with Gasteiger partial charge in [-0.3, -0.25) is 39.3 Å². The number of nitrogens with one attached hydrogen (secondary N) is 3. The number of amides is 5. The van der Waals surface area contributed by atoms with E-state index in [0.717, 1.165) is 35.5 Å². The highest BCUT2D eigenvalue weighted by Crippen LogP contribution is 2.37. The van der Waals surface area contributed by atoms with E-state index < -0.39 is 41.4 Å². The van der Waals surface area contributed by atoms with E-state index in [4.69, 9.17) is 4.74 Å². The summed E-state index contributed by atoms with van der Waals surface area (Å²) < 4.78 is 21.5. The van der Waals surface area contributed by atoms with Crippen molar-refractivity contribution >= 4 is 41.0 Å². The van der Waals surface area contributed by atoms with Crippen LogP contribution < -0.4 is 20.3 Å². The smallest absolute Gasteiger partial charge is 0.262 e. The molecule has 2 aromatic carbocycles. The van der Waals surface area contributed by atoms with Crippen LogP contribution in [0.1, 0.15) is 99.1 Å². The van der Waals surface area contributed by atoms with Gasteiger partial charge in [-0.15, -0.1) is 0 Å². The molecule has 2 aromatic heterocycles. The number of carbonyl (C=O) groups excluding carboxylic acids is 5. The number of hydrogen-bond acceptors (Lipinski definition) is 9. The first-order chi connectivity index (χ1) is 25.2. The van der Waals surface area contributed by atoms with Crippen LogP contribution in [0.25, 0.3) is 0 Å². The number of benzene rings is 2. The number of carbonyl (C=O) groups is 5. The summed E-state index contributed by atoms with van der Waals surface area (Å²) in [6, 6.07) is 16.0. The molecule has 1 saturated carbocycles. The van der Waals surface area contributed by atoms with Crippen molar-refractivity contribution in [2.24, 2.45) is 0 Å². The molecule has 0 radical (unpaired) electrons. The minimum atomic E-state index is -1.02. The molecule has 5 amide bonds. The molecule has 14 heteroatoms. The van der Waals surface area contributed by atoms with Crippen molar-refractivity contribution in [1.29, 1.82) is 0 Å². The first-order valence-electron chi connectivity index (χ1n) is 17.6. The predicted molar refractivity (Wildman–Crippen MR) is 185 cm³/mol. The zero-order valence-electron chi connectivity index (χ0n) is 28.1. The minimum Gasteiger partial charge on any atom is -0.474 e. The molecule has 0 spiro atoms. The zero-order chi connectivity index (χ0) is 35.9. The summed E-state index contributed by atoms with van der Waals surface area (Å²) in [5.41, 5.74) is 2.83. The van der Waals surface area contributed by atoms with E-state index in [1.54, 1.807) is 36.5 Å². The molecule has 2 saturated heterocycles. The Kier molecular flexibility index (Phi) is 8.73. The summed E-state index contributed by atoms with van der Waals surface area (Å²) in [6.45, 7) is 1.17. The van der Waals surface area contributed by atoms with Crippen molar-refractivity contribution in [3.05, 3.63) is 101 Å². The molecule has 266 valence electrons. The third-order valence-corrected chi connectivity index (χ3v) is 10.6. The Morgan fingerprint density at radius 3 is 2.48 bits per heavy atom. The Balaban J connectivity index is 0.857. The van der Waals surface area contributed by atoms with Gasteiger partial charge in [0.05, 0.1) is 11.1 Å². The van der Waals surface area contributed by atoms with Crippen molar-refractivity contribution in [2.75, 3.05) is 23.3 Å². The van der Waals surface area contributed by atoms with E-state index in [1.807, 2.05) is 24.3 Å². The average molecular weight is 706 g/mol. The second kappa shape index (κ2) is 13.7. The number of ether oxygens (including phenoxy) is 1. The second-order valence-corrected chi connectivity index (χ2v) is 13.8. The normalized spacial score (nSPS) is 22.1. The van der Waals surface area contributed by atoms with Crippen LogP contribution in [-0.2, 0) is 9.59 Å². The maximum atomic E-state index is 15.5. The number of rotatable bonds is 8. The van der Waals surface area contributed by atoms with Gasteiger partial charge in [0.15, 0.2) is 5.82 Å². The Bertz CT molecular complexity index is 2080. The topological polar surface area (TPSA) is 167 Å². The van der Waals surface area contributed by atoms with E-state index in [1.165, 1.54) is 6.07 Å². The van der Waals surface area contributed by atoms with Crippen LogP contribution >= 0.6 is 0 Å². The highest BCUT2D eigenvalue weighted by molar-refractivity contribution is 6.23. The van der Waals surface area contributed by atoms with Gasteiger partial charge in [-0.05, 0) is 86.4 Å². The van der Waals surface area contributed by atoms with Crippen LogP contribution in [0.4, 0.5) is 15.9 Å². The van der Waals surface area contributed by atoms with E-state index in [0.29, 0.717) is 43.2 Å². The molecule has 5 heterocycles. The molecule has 3 fully saturated rings. The molecule has 13 nitrogen and oxygen atoms in total. The number of fused-ring (bicyclic) bond motifs is 1. The van der Waals surface area contributed by atoms with Crippen molar-refractivity contribution < 1.29 is 33.1 Å². The van der Waals surface area contributed by atoms with Gasteiger partial charge in [0.1, 0.15) is 18.0 Å². The number of aromatic nitrogens is 3. The highest BCUT2D eigenvalue weighted by Gasteiger charge is 2.45. The number of piperidine rings is 2. The van der Waals surface area contributed by atoms with E-state index >= 15 is 4.39 Å². The van der Waals surface area contributed by atoms with Crippen molar-refractivity contribution in [2.45, 2.75) is 68.9 Å². The quantitative estimate of drug-likeness (QED) is 0.220. The van der Waals surface area contributed by atoms with Gasteiger partial charge >= 0.3 is 0 Å². The maximum Gasteiger partial charge on any atom is 0.262 e. The van der Waals surface area contributed by atoms with Crippen LogP contribution in [0.15, 0.2) is 66.9 Å². The van der Waals surface area contributed by atoms with Crippen LogP contribution in [0.5, 0.6) is 5.88 Å². The molecule has 3 aliphatic heterocycles. The lowest BCUT2D eigenvalue weighted by atomic mass is 9.88. The summed E-state index contributed by atoms with van der Waals surface area (Å²) in [6.07, 6.45) is 5.78. The lowest BCUT2D eigenvalue weighted by Gasteiger charge is -2.34. The van der Waals surface area contributed by atoms with Gasteiger partial charge < -0.3 is 15.0 Å². The molecule has 52 heavy (non-hydrogen) atoms. The number of hydrogen-bond donors (Lipinski definition) is 3. The Labute approximate surface area is 297 Å². The molecule has 8 rings (SSSR count). The number of anilines is 2. The fourth-order valence-corrected chi connectivity index (χ4v) is 7.82. The SMILES string of the molecule is O=C1CCC(N2C(=O)c3ccc(N4CCC(c5ccc(C(=O)Nc6cc([C@H]7CC[C@@H](Oc8ccccn8)C7)[nH]n6)cc5F)CC4)cc3C2=O)C(=O)N1. The lowest BCUT2D eigenvalue weighted by molar-refractivity contribution is -0.136. The van der Waals surface area contributed by atoms with Gasteiger partial charge in [-0.2, -0.15) is 5.10 Å². The number of aromatic amines is 1. The van der Waals surface area contributed by atoms with E-state index in [-0.39, 0.29) is 47.5 Å². The monoisotopic (exact) mass is 705 g/mol. The molecular formula is C38H36FN7O6. The van der Waals surface area contributed by atoms with Crippen LogP contribution in [0.2, 0.25) is 0 Å². The van der Waals surface area contributed by atoms with Gasteiger partial charge in [-0.25, -0.2) is 9.37 Å². The maximum absolute atomic E-state index is 15.5. The average Bonchev–Trinajstić information content (AvgIpc) is 3.87. The number of halogens is 1. The molecule has 1 unspecified atom stereocenters. The van der Waals surface area contributed by atoms with Gasteiger partial charge in [0.25, 0.3) is 17.7 Å². The van der Waals surface area contributed by atoms with Crippen LogP contribution in [0.3, 0.4) is 0 Å². The summed E-state index contributed by atoms with van der Waals surface area (Å²) in [5.74, 6) is -1.98. The van der Waals surface area contributed by atoms with E-state index in [2.05, 4.69) is 30.7 Å². The van der Waals surface area contributed by atoms with Gasteiger partial charge in [0, 0.05) is 60.7 Å². The number of nitrogens with zero attached hydrogens (tertiary/aromatic N) is 4. The largest absolute Gasteiger partial charge is 0.474 e. The molecule has 4 aliphatic rings. The fourth-order valence-electron chi connectivity index (χ4n) is 7.82. The molecular weight excluding hydrogens is 669 g/mol.